The van der Waals surface area contributed by atoms with Crippen LogP contribution in [0.15, 0.2) is 52.0 Å². The molecule has 2 aromatic carbocycles. The average Bonchev–Trinajstić information content (AvgIpc) is 2.63. The van der Waals surface area contributed by atoms with Crippen molar-refractivity contribution in [3.05, 3.63) is 64.0 Å². The number of carbonyl (C=O) groups excluding carboxylic acids is 1. The lowest BCUT2D eigenvalue weighted by molar-refractivity contribution is 0.0997. The van der Waals surface area contributed by atoms with Gasteiger partial charge in [-0.15, -0.1) is 0 Å². The summed E-state index contributed by atoms with van der Waals surface area (Å²) in [6.45, 7) is 1.61. The van der Waals surface area contributed by atoms with E-state index in [-0.39, 0.29) is 27.9 Å². The molecule has 1 aromatic heterocycles. The van der Waals surface area contributed by atoms with E-state index in [4.69, 9.17) is 10.9 Å². The number of halogens is 2. The summed E-state index contributed by atoms with van der Waals surface area (Å²) < 4.78 is 37.5. The fourth-order valence-corrected chi connectivity index (χ4v) is 3.75. The van der Waals surface area contributed by atoms with Crippen LogP contribution in [0.25, 0.3) is 0 Å². The van der Waals surface area contributed by atoms with E-state index in [0.717, 1.165) is 6.07 Å². The van der Waals surface area contributed by atoms with Gasteiger partial charge in [0.1, 0.15) is 11.6 Å². The predicted octanol–water partition coefficient (Wildman–Crippen LogP) is 2.92. The molecular weight excluding hydrogens is 479 g/mol. The summed E-state index contributed by atoms with van der Waals surface area (Å²) in [5.41, 5.74) is 6.08. The van der Waals surface area contributed by atoms with Crippen LogP contribution in [0.5, 0.6) is 0 Å². The van der Waals surface area contributed by atoms with Crippen LogP contribution in [-0.4, -0.2) is 24.3 Å². The fourth-order valence-electron chi connectivity index (χ4n) is 2.70. The smallest absolute Gasteiger partial charge is 0.253 e. The molecule has 0 aliphatic carbocycles. The molecule has 3 rings (SSSR count). The van der Waals surface area contributed by atoms with Crippen LogP contribution in [0.3, 0.4) is 0 Å². The van der Waals surface area contributed by atoms with Crippen molar-refractivity contribution in [2.75, 3.05) is 10.6 Å². The standard InChI is InChI=1S/C18H16BrFN6O3S/c1-9-7-10(5-6-14(9)30(22,28)29)24-18-23-8-11(19)17(26-18)25-13-4-2-3-12(20)15(13)16(21)27/h2-8H,1H3,(H2,21,27)(H2,22,28,29)(H2,23,24,25,26). The van der Waals surface area contributed by atoms with Crippen LogP contribution in [0.4, 0.5) is 27.5 Å². The lowest BCUT2D eigenvalue weighted by Gasteiger charge is -2.13. The van der Waals surface area contributed by atoms with Gasteiger partial charge in [-0.3, -0.25) is 4.79 Å². The lowest BCUT2D eigenvalue weighted by atomic mass is 10.1. The van der Waals surface area contributed by atoms with Crippen molar-refractivity contribution in [3.8, 4) is 0 Å². The Labute approximate surface area is 179 Å². The molecule has 0 bridgehead atoms. The number of hydrogen-bond donors (Lipinski definition) is 4. The average molecular weight is 495 g/mol. The number of nitrogens with zero attached hydrogens (tertiary/aromatic N) is 2. The number of hydrogen-bond acceptors (Lipinski definition) is 7. The Hall–Kier alpha value is -3.09. The van der Waals surface area contributed by atoms with E-state index in [0.29, 0.717) is 15.7 Å². The molecule has 0 saturated heterocycles. The van der Waals surface area contributed by atoms with Crippen LogP contribution in [0.2, 0.25) is 0 Å². The number of aromatic nitrogens is 2. The SMILES string of the molecule is Cc1cc(Nc2ncc(Br)c(Nc3cccc(F)c3C(N)=O)n2)ccc1S(N)(=O)=O. The highest BCUT2D eigenvalue weighted by molar-refractivity contribution is 9.10. The van der Waals surface area contributed by atoms with E-state index in [2.05, 4.69) is 36.5 Å². The maximum absolute atomic E-state index is 14.0. The van der Waals surface area contributed by atoms with Crippen molar-refractivity contribution >= 4 is 55.0 Å². The number of anilines is 4. The second-order valence-corrected chi connectivity index (χ2v) is 8.58. The Morgan fingerprint density at radius 3 is 2.57 bits per heavy atom. The van der Waals surface area contributed by atoms with Crippen molar-refractivity contribution in [2.45, 2.75) is 11.8 Å². The van der Waals surface area contributed by atoms with Crippen molar-refractivity contribution < 1.29 is 17.6 Å². The van der Waals surface area contributed by atoms with Gasteiger partial charge in [0, 0.05) is 11.9 Å². The summed E-state index contributed by atoms with van der Waals surface area (Å²) in [6.07, 6.45) is 1.45. The molecule has 1 amide bonds. The summed E-state index contributed by atoms with van der Waals surface area (Å²) in [5.74, 6) is -1.27. The summed E-state index contributed by atoms with van der Waals surface area (Å²) in [7, 11) is -3.83. The first kappa shape index (κ1) is 21.6. The summed E-state index contributed by atoms with van der Waals surface area (Å²) in [4.78, 5) is 20.0. The normalized spacial score (nSPS) is 11.2. The quantitative estimate of drug-likeness (QED) is 0.410. The summed E-state index contributed by atoms with van der Waals surface area (Å²) in [6, 6.07) is 8.51. The third kappa shape index (κ3) is 4.72. The zero-order valence-corrected chi connectivity index (χ0v) is 17.9. The molecule has 0 unspecified atom stereocenters. The van der Waals surface area contributed by atoms with Crippen LogP contribution in [0.1, 0.15) is 15.9 Å². The lowest BCUT2D eigenvalue weighted by Crippen LogP contribution is -2.16. The molecule has 0 saturated carbocycles. The first-order chi connectivity index (χ1) is 14.1. The van der Waals surface area contributed by atoms with Crippen LogP contribution in [0, 0.1) is 12.7 Å². The Morgan fingerprint density at radius 1 is 1.20 bits per heavy atom. The predicted molar refractivity (Wildman–Crippen MR) is 114 cm³/mol. The monoisotopic (exact) mass is 494 g/mol. The topological polar surface area (TPSA) is 153 Å². The van der Waals surface area contributed by atoms with Crippen LogP contribution >= 0.6 is 15.9 Å². The maximum Gasteiger partial charge on any atom is 0.253 e. The maximum atomic E-state index is 14.0. The van der Waals surface area contributed by atoms with Crippen LogP contribution in [-0.2, 0) is 10.0 Å². The minimum Gasteiger partial charge on any atom is -0.365 e. The van der Waals surface area contributed by atoms with Gasteiger partial charge in [-0.05, 0) is 58.7 Å². The zero-order chi connectivity index (χ0) is 22.1. The van der Waals surface area contributed by atoms with Crippen molar-refractivity contribution in [1.82, 2.24) is 9.97 Å². The van der Waals surface area contributed by atoms with Crippen LogP contribution < -0.4 is 21.5 Å². The molecule has 6 N–H and O–H groups in total. The van der Waals surface area contributed by atoms with Crippen molar-refractivity contribution in [1.29, 1.82) is 0 Å². The number of primary sulfonamides is 1. The minimum atomic E-state index is -3.83. The van der Waals surface area contributed by atoms with Gasteiger partial charge in [0.2, 0.25) is 16.0 Å². The second kappa shape index (κ2) is 8.34. The van der Waals surface area contributed by atoms with Crippen molar-refractivity contribution in [2.24, 2.45) is 10.9 Å². The van der Waals surface area contributed by atoms with Gasteiger partial charge in [-0.1, -0.05) is 6.07 Å². The van der Waals surface area contributed by atoms with Gasteiger partial charge in [0.25, 0.3) is 5.91 Å². The molecule has 0 fully saturated rings. The molecule has 156 valence electrons. The van der Waals surface area contributed by atoms with Crippen molar-refractivity contribution in [3.63, 3.8) is 0 Å². The van der Waals surface area contributed by atoms with Gasteiger partial charge < -0.3 is 16.4 Å². The summed E-state index contributed by atoms with van der Waals surface area (Å²) in [5, 5.41) is 11.0. The number of sulfonamides is 1. The Balaban J connectivity index is 1.91. The van der Waals surface area contributed by atoms with E-state index in [1.807, 2.05) is 0 Å². The molecule has 0 spiro atoms. The van der Waals surface area contributed by atoms with Gasteiger partial charge in [0.15, 0.2) is 0 Å². The van der Waals surface area contributed by atoms with E-state index < -0.39 is 21.7 Å². The number of amides is 1. The van der Waals surface area contributed by atoms with Gasteiger partial charge in [0.05, 0.1) is 20.6 Å². The molecule has 0 aliphatic heterocycles. The molecule has 9 nitrogen and oxygen atoms in total. The molecule has 0 radical (unpaired) electrons. The highest BCUT2D eigenvalue weighted by atomic mass is 79.9. The Bertz CT molecular complexity index is 1250. The number of carbonyl (C=O) groups is 1. The first-order valence-electron chi connectivity index (χ1n) is 8.34. The number of primary amides is 1. The molecule has 1 heterocycles. The highest BCUT2D eigenvalue weighted by Gasteiger charge is 2.16. The Morgan fingerprint density at radius 2 is 1.93 bits per heavy atom. The molecule has 0 aliphatic rings. The third-order valence-corrected chi connectivity index (χ3v) is 5.65. The van der Waals surface area contributed by atoms with Gasteiger partial charge in [-0.25, -0.2) is 22.9 Å². The van der Waals surface area contributed by atoms with Gasteiger partial charge >= 0.3 is 0 Å². The molecule has 3 aromatic rings. The fraction of sp³-hybridized carbons (Fsp3) is 0.0556. The zero-order valence-electron chi connectivity index (χ0n) is 15.5. The number of benzene rings is 2. The largest absolute Gasteiger partial charge is 0.365 e. The molecular formula is C18H16BrFN6O3S. The highest BCUT2D eigenvalue weighted by Crippen LogP contribution is 2.28. The third-order valence-electron chi connectivity index (χ3n) is 3.99. The van der Waals surface area contributed by atoms with E-state index in [9.17, 15) is 17.6 Å². The number of nitrogens with one attached hydrogen (secondary N) is 2. The number of aryl methyl sites for hydroxylation is 1. The van der Waals surface area contributed by atoms with E-state index in [1.54, 1.807) is 13.0 Å². The molecule has 30 heavy (non-hydrogen) atoms. The first-order valence-corrected chi connectivity index (χ1v) is 10.7. The van der Waals surface area contributed by atoms with E-state index in [1.165, 1.54) is 30.5 Å². The molecule has 12 heteroatoms. The second-order valence-electron chi connectivity index (χ2n) is 6.19. The van der Waals surface area contributed by atoms with E-state index >= 15 is 0 Å². The number of nitrogens with two attached hydrogens (primary N) is 2. The Kier molecular flexibility index (Phi) is 6.01. The summed E-state index contributed by atoms with van der Waals surface area (Å²) >= 11 is 3.29. The minimum absolute atomic E-state index is 0.0113. The number of rotatable bonds is 6. The molecule has 0 atom stereocenters. The van der Waals surface area contributed by atoms with Gasteiger partial charge in [-0.2, -0.15) is 4.98 Å².